The number of aromatic nitrogens is 1. The van der Waals surface area contributed by atoms with Crippen LogP contribution in [-0.2, 0) is 47.6 Å². The minimum atomic E-state index is -2.38. The van der Waals surface area contributed by atoms with Gasteiger partial charge >= 0.3 is 35.8 Å². The van der Waals surface area contributed by atoms with Gasteiger partial charge in [0.25, 0.3) is 0 Å². The lowest BCUT2D eigenvalue weighted by atomic mass is 9.71. The Labute approximate surface area is 325 Å². The van der Waals surface area contributed by atoms with E-state index >= 15 is 0 Å². The van der Waals surface area contributed by atoms with Crippen molar-refractivity contribution in [1.29, 1.82) is 0 Å². The smallest absolute Gasteiger partial charge is 0.340 e. The minimum absolute atomic E-state index is 0.0402. The zero-order valence-corrected chi connectivity index (χ0v) is 32.6. The van der Waals surface area contributed by atoms with Crippen LogP contribution in [0.1, 0.15) is 82.5 Å². The molecule has 1 heterocycles. The number of pyridine rings is 1. The van der Waals surface area contributed by atoms with Crippen LogP contribution in [0.25, 0.3) is 0 Å². The first-order chi connectivity index (χ1) is 26.1. The van der Waals surface area contributed by atoms with Gasteiger partial charge in [-0.05, 0) is 31.2 Å². The number of hydrogen-bond donors (Lipinski definition) is 2. The third kappa shape index (κ3) is 9.51. The molecule has 302 valence electrons. The molecule has 2 aliphatic carbocycles. The molecule has 4 rings (SSSR count). The van der Waals surface area contributed by atoms with Crippen LogP contribution in [0.5, 0.6) is 0 Å². The van der Waals surface area contributed by atoms with E-state index in [1.165, 1.54) is 43.6 Å². The van der Waals surface area contributed by atoms with Crippen LogP contribution in [0, 0.1) is 17.3 Å². The van der Waals surface area contributed by atoms with Crippen molar-refractivity contribution in [2.24, 2.45) is 17.3 Å². The molecule has 0 spiro atoms. The number of rotatable bonds is 8. The maximum atomic E-state index is 13.8. The number of carbonyl (C=O) groups is 6. The van der Waals surface area contributed by atoms with E-state index in [0.29, 0.717) is 0 Å². The van der Waals surface area contributed by atoms with Crippen molar-refractivity contribution >= 4 is 35.8 Å². The third-order valence-corrected chi connectivity index (χ3v) is 9.98. The summed E-state index contributed by atoms with van der Waals surface area (Å²) in [6.07, 6.45) is -5.06. The van der Waals surface area contributed by atoms with E-state index in [1.807, 2.05) is 0 Å². The van der Waals surface area contributed by atoms with Crippen molar-refractivity contribution in [3.05, 3.63) is 90.3 Å². The van der Waals surface area contributed by atoms with E-state index in [0.717, 1.165) is 27.7 Å². The van der Waals surface area contributed by atoms with Crippen LogP contribution in [0.4, 0.5) is 0 Å². The molecule has 0 radical (unpaired) electrons. The summed E-state index contributed by atoms with van der Waals surface area (Å²) in [6.45, 7) is 14.7. The second-order valence-corrected chi connectivity index (χ2v) is 15.1. The quantitative estimate of drug-likeness (QED) is 0.221. The highest BCUT2D eigenvalue weighted by molar-refractivity contribution is 5.90. The number of aliphatic hydroxyl groups is 2. The average Bonchev–Trinajstić information content (AvgIpc) is 3.33. The fraction of sp³-hybridized carbons (Fsp3) is 0.488. The number of nitrogens with zero attached hydrogens (tertiary/aromatic N) is 1. The molecule has 1 saturated carbocycles. The maximum Gasteiger partial charge on any atom is 0.340 e. The highest BCUT2D eigenvalue weighted by atomic mass is 16.6. The van der Waals surface area contributed by atoms with E-state index in [-0.39, 0.29) is 16.7 Å². The fourth-order valence-electron chi connectivity index (χ4n) is 7.70. The summed E-state index contributed by atoms with van der Waals surface area (Å²) in [5.74, 6) is -7.97. The Morgan fingerprint density at radius 3 is 1.84 bits per heavy atom. The highest BCUT2D eigenvalue weighted by Crippen LogP contribution is 2.54. The molecule has 0 aliphatic heterocycles. The molecule has 10 atom stereocenters. The van der Waals surface area contributed by atoms with E-state index in [4.69, 9.17) is 28.4 Å². The van der Waals surface area contributed by atoms with Gasteiger partial charge in [0.05, 0.1) is 17.0 Å². The van der Waals surface area contributed by atoms with Crippen molar-refractivity contribution < 1.29 is 67.4 Å². The second-order valence-electron chi connectivity index (χ2n) is 15.1. The molecule has 15 nitrogen and oxygen atoms in total. The minimum Gasteiger partial charge on any atom is -0.459 e. The van der Waals surface area contributed by atoms with Gasteiger partial charge in [-0.2, -0.15) is 0 Å². The Morgan fingerprint density at radius 2 is 1.29 bits per heavy atom. The summed E-state index contributed by atoms with van der Waals surface area (Å²) in [7, 11) is 0. The molecule has 56 heavy (non-hydrogen) atoms. The lowest BCUT2D eigenvalue weighted by molar-refractivity contribution is -0.193. The van der Waals surface area contributed by atoms with E-state index in [2.05, 4.69) is 11.6 Å². The number of hydrogen-bond acceptors (Lipinski definition) is 15. The van der Waals surface area contributed by atoms with Crippen LogP contribution in [0.3, 0.4) is 0 Å². The average molecular weight is 780 g/mol. The van der Waals surface area contributed by atoms with Crippen LogP contribution >= 0.6 is 0 Å². The number of benzene rings is 1. The van der Waals surface area contributed by atoms with Crippen molar-refractivity contribution in [1.82, 2.24) is 4.98 Å². The molecule has 2 aromatic rings. The number of carbonyl (C=O) groups excluding carboxylic acids is 6. The Balaban J connectivity index is 2.06. The third-order valence-electron chi connectivity index (χ3n) is 9.98. The van der Waals surface area contributed by atoms with Gasteiger partial charge in [0.2, 0.25) is 0 Å². The van der Waals surface area contributed by atoms with Crippen LogP contribution in [0.2, 0.25) is 0 Å². The van der Waals surface area contributed by atoms with Gasteiger partial charge in [0.1, 0.15) is 35.6 Å². The molecule has 15 heteroatoms. The normalized spacial score (nSPS) is 31.9. The second kappa shape index (κ2) is 17.2. The van der Waals surface area contributed by atoms with Gasteiger partial charge in [-0.3, -0.25) is 24.2 Å². The van der Waals surface area contributed by atoms with E-state index in [1.54, 1.807) is 51.1 Å². The molecular formula is C41H49NO14. The number of esters is 6. The van der Waals surface area contributed by atoms with E-state index < -0.39 is 107 Å². The van der Waals surface area contributed by atoms with Crippen molar-refractivity contribution in [3.8, 4) is 0 Å². The van der Waals surface area contributed by atoms with Crippen LogP contribution < -0.4 is 0 Å². The molecule has 2 N–H and O–H groups in total. The number of ether oxygens (including phenoxy) is 6. The summed E-state index contributed by atoms with van der Waals surface area (Å²) >= 11 is 0. The predicted octanol–water partition coefficient (Wildman–Crippen LogP) is 3.85. The lowest BCUT2D eigenvalue weighted by Gasteiger charge is -2.45. The summed E-state index contributed by atoms with van der Waals surface area (Å²) in [5, 5.41) is 25.4. The molecule has 1 aromatic heterocycles. The number of aliphatic hydroxyl groups excluding tert-OH is 1. The molecule has 2 aliphatic rings. The van der Waals surface area contributed by atoms with Crippen molar-refractivity contribution in [2.45, 2.75) is 110 Å². The first-order valence-corrected chi connectivity index (χ1v) is 18.0. The van der Waals surface area contributed by atoms with Crippen molar-refractivity contribution in [3.63, 3.8) is 0 Å². The predicted molar refractivity (Wildman–Crippen MR) is 196 cm³/mol. The number of fused-ring (bicyclic) bond motifs is 1. The van der Waals surface area contributed by atoms with Gasteiger partial charge in [-0.1, -0.05) is 57.7 Å². The van der Waals surface area contributed by atoms with Crippen LogP contribution in [0.15, 0.2) is 79.2 Å². The van der Waals surface area contributed by atoms with Gasteiger partial charge in [0.15, 0.2) is 12.2 Å². The zero-order valence-electron chi connectivity index (χ0n) is 32.6. The summed E-state index contributed by atoms with van der Waals surface area (Å²) in [6, 6.07) is 10.7. The lowest BCUT2D eigenvalue weighted by Crippen LogP contribution is -2.59. The van der Waals surface area contributed by atoms with Gasteiger partial charge < -0.3 is 38.6 Å². The van der Waals surface area contributed by atoms with Crippen LogP contribution in [-0.4, -0.2) is 98.8 Å². The SMILES string of the molecule is C=C1[C@@H](OC(C)=O)[C@@H](O)[C@@H](OC(=O)c2cccnc2)C(C)(C)/C=C/[C@H](C)[C@H](OC(C)=O)[C@@]2(O)C[C@@](C)(OC(C)=O)[C@H](OC(=O)c3ccccc3)[C@@H]2[C@H]1OC(C)=O. The molecular weight excluding hydrogens is 730 g/mol. The topological polar surface area (TPSA) is 211 Å². The maximum absolute atomic E-state index is 13.8. The fourth-order valence-corrected chi connectivity index (χ4v) is 7.70. The summed E-state index contributed by atoms with van der Waals surface area (Å²) in [4.78, 5) is 82.7. The molecule has 1 fully saturated rings. The first-order valence-electron chi connectivity index (χ1n) is 18.0. The summed E-state index contributed by atoms with van der Waals surface area (Å²) < 4.78 is 35.3. The Kier molecular flexibility index (Phi) is 13.3. The Morgan fingerprint density at radius 1 is 0.732 bits per heavy atom. The van der Waals surface area contributed by atoms with Gasteiger partial charge in [0, 0.05) is 63.4 Å². The molecule has 0 amide bonds. The van der Waals surface area contributed by atoms with Gasteiger partial charge in [-0.15, -0.1) is 0 Å². The van der Waals surface area contributed by atoms with Gasteiger partial charge in [-0.25, -0.2) is 9.59 Å². The summed E-state index contributed by atoms with van der Waals surface area (Å²) in [5.41, 5.74) is -5.82. The molecule has 0 bridgehead atoms. The largest absolute Gasteiger partial charge is 0.459 e. The molecule has 0 saturated heterocycles. The highest BCUT2D eigenvalue weighted by Gasteiger charge is 2.70. The zero-order chi connectivity index (χ0) is 41.7. The molecule has 1 aromatic carbocycles. The van der Waals surface area contributed by atoms with E-state index in [9.17, 15) is 39.0 Å². The Hall–Kier alpha value is -5.41. The molecule has 0 unspecified atom stereocenters. The monoisotopic (exact) mass is 779 g/mol. The first kappa shape index (κ1) is 43.3. The van der Waals surface area contributed by atoms with Crippen molar-refractivity contribution in [2.75, 3.05) is 0 Å². The standard InChI is InChI=1S/C41H49NO14/c1-22-17-18-39(7,8)36(55-38(49)29-16-13-19-42-20-29)31(47)33(52-25(4)44)23(2)32(51-24(3)43)30-35(54-37(48)28-14-11-10-12-15-28)40(9,56-27(6)46)21-41(30,50)34(22)53-26(5)45/h10-20,22,30-36,47,50H,2,21H2,1,3-9H3/b18-17+/t22-,30-,31+,32-,33+,34-,35+,36+,40+,41+/m0/s1. The Bertz CT molecular complexity index is 1840.